The van der Waals surface area contributed by atoms with Gasteiger partial charge in [0.05, 0.1) is 23.8 Å². The maximum atomic E-state index is 13.1. The summed E-state index contributed by atoms with van der Waals surface area (Å²) in [4.78, 5) is 0. The van der Waals surface area contributed by atoms with Crippen LogP contribution in [0, 0.1) is 5.92 Å². The number of ether oxygens (including phenoxy) is 1. The van der Waals surface area contributed by atoms with Crippen LogP contribution in [0.1, 0.15) is 48.1 Å². The molecule has 1 saturated carbocycles. The number of hydrogen-bond acceptors (Lipinski definition) is 2. The molecule has 2 nitrogen and oxygen atoms in total. The SMILES string of the molecule is C[C@@H](OC[C@]1(c2ccccc2)C[C@@H](CN)C1)c1cc(C(F)(F)F)cc(C(F)(F)F)c1. The Kier molecular flexibility index (Phi) is 6.20. The smallest absolute Gasteiger partial charge is 0.373 e. The maximum Gasteiger partial charge on any atom is 0.416 e. The lowest BCUT2D eigenvalue weighted by Crippen LogP contribution is -2.47. The summed E-state index contributed by atoms with van der Waals surface area (Å²) in [7, 11) is 0. The van der Waals surface area contributed by atoms with Crippen LogP contribution >= 0.6 is 0 Å². The molecule has 1 fully saturated rings. The summed E-state index contributed by atoms with van der Waals surface area (Å²) in [5.41, 5.74) is 3.59. The van der Waals surface area contributed by atoms with Crippen LogP contribution in [0.2, 0.25) is 0 Å². The van der Waals surface area contributed by atoms with Gasteiger partial charge in [0.15, 0.2) is 0 Å². The average Bonchev–Trinajstić information content (AvgIpc) is 2.66. The van der Waals surface area contributed by atoms with Crippen LogP contribution in [0.5, 0.6) is 0 Å². The third-order valence-electron chi connectivity index (χ3n) is 5.77. The zero-order chi connectivity index (χ0) is 22.2. The molecule has 1 aliphatic carbocycles. The van der Waals surface area contributed by atoms with E-state index in [-0.39, 0.29) is 23.7 Å². The second-order valence-electron chi connectivity index (χ2n) is 7.95. The lowest BCUT2D eigenvalue weighted by molar-refractivity contribution is -0.143. The molecule has 0 spiro atoms. The second kappa shape index (κ2) is 8.23. The van der Waals surface area contributed by atoms with Gasteiger partial charge in [-0.25, -0.2) is 0 Å². The molecular weight excluding hydrogens is 408 g/mol. The maximum absolute atomic E-state index is 13.1. The number of nitrogens with two attached hydrogens (primary N) is 1. The van der Waals surface area contributed by atoms with E-state index in [1.165, 1.54) is 6.92 Å². The van der Waals surface area contributed by atoms with E-state index in [1.807, 2.05) is 30.3 Å². The van der Waals surface area contributed by atoms with E-state index in [2.05, 4.69) is 0 Å². The monoisotopic (exact) mass is 431 g/mol. The fraction of sp³-hybridized carbons (Fsp3) is 0.455. The summed E-state index contributed by atoms with van der Waals surface area (Å²) in [6.07, 6.45) is -9.19. The van der Waals surface area contributed by atoms with Crippen LogP contribution in [0.15, 0.2) is 48.5 Å². The molecule has 0 saturated heterocycles. The minimum absolute atomic E-state index is 0.124. The molecule has 1 aliphatic rings. The molecule has 2 aromatic rings. The summed E-state index contributed by atoms with van der Waals surface area (Å²) >= 11 is 0. The quantitative estimate of drug-likeness (QED) is 0.561. The van der Waals surface area contributed by atoms with E-state index in [9.17, 15) is 26.3 Å². The van der Waals surface area contributed by atoms with E-state index < -0.39 is 29.6 Å². The second-order valence-corrected chi connectivity index (χ2v) is 7.95. The molecule has 0 unspecified atom stereocenters. The molecule has 164 valence electrons. The van der Waals surface area contributed by atoms with Crippen molar-refractivity contribution >= 4 is 0 Å². The first kappa shape index (κ1) is 22.6. The Hall–Kier alpha value is -2.06. The van der Waals surface area contributed by atoms with Crippen LogP contribution in [0.3, 0.4) is 0 Å². The van der Waals surface area contributed by atoms with Gasteiger partial charge in [-0.1, -0.05) is 30.3 Å². The molecule has 2 N–H and O–H groups in total. The van der Waals surface area contributed by atoms with Crippen molar-refractivity contribution < 1.29 is 31.1 Å². The van der Waals surface area contributed by atoms with E-state index in [1.54, 1.807) is 0 Å². The van der Waals surface area contributed by atoms with Crippen molar-refractivity contribution in [3.05, 3.63) is 70.8 Å². The molecule has 2 aromatic carbocycles. The van der Waals surface area contributed by atoms with Gasteiger partial charge in [0.2, 0.25) is 0 Å². The van der Waals surface area contributed by atoms with Crippen molar-refractivity contribution in [2.45, 2.75) is 43.6 Å². The van der Waals surface area contributed by atoms with Gasteiger partial charge in [-0.3, -0.25) is 0 Å². The predicted molar refractivity (Wildman–Crippen MR) is 101 cm³/mol. The van der Waals surface area contributed by atoms with Gasteiger partial charge in [-0.05, 0) is 61.6 Å². The number of alkyl halides is 6. The van der Waals surface area contributed by atoms with Gasteiger partial charge in [0, 0.05) is 5.41 Å². The summed E-state index contributed by atoms with van der Waals surface area (Å²) in [5.74, 6) is 0.314. The largest absolute Gasteiger partial charge is 0.416 e. The fourth-order valence-electron chi connectivity index (χ4n) is 4.04. The minimum atomic E-state index is -4.89. The van der Waals surface area contributed by atoms with E-state index in [0.717, 1.165) is 30.5 Å². The first-order valence-electron chi connectivity index (χ1n) is 9.61. The van der Waals surface area contributed by atoms with Gasteiger partial charge < -0.3 is 10.5 Å². The van der Waals surface area contributed by atoms with Gasteiger partial charge in [0.25, 0.3) is 0 Å². The van der Waals surface area contributed by atoms with E-state index in [4.69, 9.17) is 10.5 Å². The summed E-state index contributed by atoms with van der Waals surface area (Å²) in [6, 6.07) is 11.1. The van der Waals surface area contributed by atoms with Crippen LogP contribution in [0.25, 0.3) is 0 Å². The summed E-state index contributed by atoms with van der Waals surface area (Å²) in [6.45, 7) is 2.17. The average molecular weight is 431 g/mol. The molecule has 0 aliphatic heterocycles. The van der Waals surface area contributed by atoms with Crippen LogP contribution in [0.4, 0.5) is 26.3 Å². The summed E-state index contributed by atoms with van der Waals surface area (Å²) < 4.78 is 84.6. The molecule has 1 atom stereocenters. The molecule has 0 bridgehead atoms. The van der Waals surface area contributed by atoms with Gasteiger partial charge in [-0.15, -0.1) is 0 Å². The Bertz CT molecular complexity index is 824. The Balaban J connectivity index is 1.84. The molecule has 0 amide bonds. The number of hydrogen-bond donors (Lipinski definition) is 1. The summed E-state index contributed by atoms with van der Waals surface area (Å²) in [5, 5.41) is 0. The fourth-order valence-corrected chi connectivity index (χ4v) is 4.04. The zero-order valence-electron chi connectivity index (χ0n) is 16.4. The highest BCUT2D eigenvalue weighted by molar-refractivity contribution is 5.35. The van der Waals surface area contributed by atoms with Gasteiger partial charge in [-0.2, -0.15) is 26.3 Å². The highest BCUT2D eigenvalue weighted by atomic mass is 19.4. The van der Waals surface area contributed by atoms with E-state index in [0.29, 0.717) is 12.5 Å². The highest BCUT2D eigenvalue weighted by Gasteiger charge is 2.45. The Morgan fingerprint density at radius 3 is 1.97 bits per heavy atom. The van der Waals surface area contributed by atoms with Crippen LogP contribution in [-0.2, 0) is 22.5 Å². The lowest BCUT2D eigenvalue weighted by Gasteiger charge is -2.48. The predicted octanol–water partition coefficient (Wildman–Crippen LogP) is 6.11. The molecule has 30 heavy (non-hydrogen) atoms. The van der Waals surface area contributed by atoms with Crippen LogP contribution < -0.4 is 5.73 Å². The number of rotatable bonds is 6. The van der Waals surface area contributed by atoms with Gasteiger partial charge >= 0.3 is 12.4 Å². The van der Waals surface area contributed by atoms with E-state index >= 15 is 0 Å². The minimum Gasteiger partial charge on any atom is -0.373 e. The van der Waals surface area contributed by atoms with Crippen molar-refractivity contribution in [3.8, 4) is 0 Å². The molecule has 0 aromatic heterocycles. The molecule has 8 heteroatoms. The highest BCUT2D eigenvalue weighted by Crippen LogP contribution is 2.48. The molecular formula is C22H23F6NO. The third kappa shape index (κ3) is 4.81. The Morgan fingerprint density at radius 1 is 0.967 bits per heavy atom. The third-order valence-corrected chi connectivity index (χ3v) is 5.77. The van der Waals surface area contributed by atoms with Gasteiger partial charge in [0.1, 0.15) is 0 Å². The molecule has 0 heterocycles. The van der Waals surface area contributed by atoms with Crippen molar-refractivity contribution in [3.63, 3.8) is 0 Å². The zero-order valence-corrected chi connectivity index (χ0v) is 16.4. The standard InChI is InChI=1S/C22H23F6NO/c1-14(16-7-18(21(23,24)25)9-19(8-16)22(26,27)28)30-13-20(10-15(11-20)12-29)17-5-3-2-4-6-17/h2-9,14-15H,10-13,29H2,1H3/t14-,15-,20+/m1/s1. The van der Waals surface area contributed by atoms with Crippen molar-refractivity contribution in [2.75, 3.05) is 13.2 Å². The normalized spacial score (nSPS) is 23.1. The topological polar surface area (TPSA) is 35.2 Å². The Morgan fingerprint density at radius 2 is 1.50 bits per heavy atom. The Labute approximate surface area is 171 Å². The van der Waals surface area contributed by atoms with Crippen molar-refractivity contribution in [2.24, 2.45) is 11.7 Å². The number of benzene rings is 2. The molecule has 0 radical (unpaired) electrons. The van der Waals surface area contributed by atoms with Crippen molar-refractivity contribution in [1.82, 2.24) is 0 Å². The lowest BCUT2D eigenvalue weighted by atomic mass is 9.59. The molecule has 3 rings (SSSR count). The first-order chi connectivity index (χ1) is 13.9. The van der Waals surface area contributed by atoms with Crippen molar-refractivity contribution in [1.29, 1.82) is 0 Å². The van der Waals surface area contributed by atoms with Crippen LogP contribution in [-0.4, -0.2) is 13.2 Å². The first-order valence-corrected chi connectivity index (χ1v) is 9.61. The number of halogens is 6.